The van der Waals surface area contributed by atoms with Gasteiger partial charge in [0.25, 0.3) is 5.92 Å². The second kappa shape index (κ2) is 4.19. The van der Waals surface area contributed by atoms with Gasteiger partial charge in [-0.05, 0) is 11.6 Å². The van der Waals surface area contributed by atoms with Crippen LogP contribution in [0.2, 0.25) is 10.4 Å². The SMILES string of the molecule is C=CCC(F)(F)c1cnc(Cl)nc1Cl. The largest absolute Gasteiger partial charge is 0.281 e. The van der Waals surface area contributed by atoms with Crippen LogP contribution in [0.15, 0.2) is 18.9 Å². The van der Waals surface area contributed by atoms with E-state index >= 15 is 0 Å². The maximum Gasteiger partial charge on any atom is 0.281 e. The summed E-state index contributed by atoms with van der Waals surface area (Å²) in [4.78, 5) is 6.87. The Morgan fingerprint density at radius 3 is 2.64 bits per heavy atom. The fraction of sp³-hybridized carbons (Fsp3) is 0.250. The molecule has 0 aliphatic carbocycles. The molecule has 1 rings (SSSR count). The lowest BCUT2D eigenvalue weighted by Crippen LogP contribution is -2.14. The van der Waals surface area contributed by atoms with Gasteiger partial charge < -0.3 is 0 Å². The minimum Gasteiger partial charge on any atom is -0.226 e. The van der Waals surface area contributed by atoms with Gasteiger partial charge in [0.05, 0.1) is 5.56 Å². The van der Waals surface area contributed by atoms with Gasteiger partial charge >= 0.3 is 0 Å². The summed E-state index contributed by atoms with van der Waals surface area (Å²) in [5.74, 6) is -3.11. The molecule has 14 heavy (non-hydrogen) atoms. The second-order valence-electron chi connectivity index (χ2n) is 2.54. The Bertz CT molecular complexity index is 355. The van der Waals surface area contributed by atoms with Gasteiger partial charge in [-0.1, -0.05) is 17.7 Å². The van der Waals surface area contributed by atoms with Gasteiger partial charge in [0, 0.05) is 12.6 Å². The van der Waals surface area contributed by atoms with Crippen LogP contribution in [-0.2, 0) is 5.92 Å². The van der Waals surface area contributed by atoms with E-state index in [1.54, 1.807) is 0 Å². The van der Waals surface area contributed by atoms with Crippen molar-refractivity contribution < 1.29 is 8.78 Å². The van der Waals surface area contributed by atoms with Crippen molar-refractivity contribution in [1.82, 2.24) is 9.97 Å². The maximum absolute atomic E-state index is 13.3. The molecular weight excluding hydrogens is 233 g/mol. The molecule has 0 unspecified atom stereocenters. The Balaban J connectivity index is 3.12. The summed E-state index contributed by atoms with van der Waals surface area (Å²) in [6, 6.07) is 0. The average molecular weight is 239 g/mol. The van der Waals surface area contributed by atoms with Crippen molar-refractivity contribution in [2.24, 2.45) is 0 Å². The molecule has 0 aliphatic heterocycles. The molecule has 0 spiro atoms. The van der Waals surface area contributed by atoms with Crippen LogP contribution in [0.5, 0.6) is 0 Å². The van der Waals surface area contributed by atoms with Crippen molar-refractivity contribution in [3.63, 3.8) is 0 Å². The van der Waals surface area contributed by atoms with E-state index in [4.69, 9.17) is 23.2 Å². The van der Waals surface area contributed by atoms with Crippen molar-refractivity contribution in [2.75, 3.05) is 0 Å². The Hall–Kier alpha value is -0.740. The third-order valence-corrected chi connectivity index (χ3v) is 1.98. The lowest BCUT2D eigenvalue weighted by molar-refractivity contribution is -0.00142. The van der Waals surface area contributed by atoms with E-state index in [-0.39, 0.29) is 10.4 Å². The summed E-state index contributed by atoms with van der Waals surface area (Å²) in [6.45, 7) is 3.23. The van der Waals surface area contributed by atoms with Gasteiger partial charge in [-0.25, -0.2) is 18.7 Å². The smallest absolute Gasteiger partial charge is 0.226 e. The Kier molecular flexibility index (Phi) is 3.39. The molecule has 2 nitrogen and oxygen atoms in total. The Morgan fingerprint density at radius 2 is 2.14 bits per heavy atom. The highest BCUT2D eigenvalue weighted by Crippen LogP contribution is 2.35. The van der Waals surface area contributed by atoms with Crippen LogP contribution >= 0.6 is 23.2 Å². The number of allylic oxidation sites excluding steroid dienone is 1. The van der Waals surface area contributed by atoms with Gasteiger partial charge in [0.2, 0.25) is 5.28 Å². The monoisotopic (exact) mass is 238 g/mol. The first-order chi connectivity index (χ1) is 6.47. The van der Waals surface area contributed by atoms with Crippen LogP contribution < -0.4 is 0 Å². The summed E-state index contributed by atoms with van der Waals surface area (Å²) in [5, 5.41) is -0.495. The fourth-order valence-electron chi connectivity index (χ4n) is 0.878. The fourth-order valence-corrected chi connectivity index (χ4v) is 1.32. The van der Waals surface area contributed by atoms with Crippen molar-refractivity contribution >= 4 is 23.2 Å². The minimum atomic E-state index is -3.11. The molecule has 0 aromatic carbocycles. The first-order valence-corrected chi connectivity index (χ1v) is 4.40. The van der Waals surface area contributed by atoms with Crippen LogP contribution in [-0.4, -0.2) is 9.97 Å². The molecule has 0 radical (unpaired) electrons. The van der Waals surface area contributed by atoms with Crippen LogP contribution in [0.4, 0.5) is 8.78 Å². The number of hydrogen-bond donors (Lipinski definition) is 0. The van der Waals surface area contributed by atoms with E-state index in [1.807, 2.05) is 0 Å². The average Bonchev–Trinajstić information content (AvgIpc) is 2.02. The highest BCUT2D eigenvalue weighted by molar-refractivity contribution is 6.32. The predicted octanol–water partition coefficient (Wildman–Crippen LogP) is 3.45. The number of aromatic nitrogens is 2. The Labute approximate surface area is 89.6 Å². The van der Waals surface area contributed by atoms with Crippen LogP contribution in [0.3, 0.4) is 0 Å². The van der Waals surface area contributed by atoms with Gasteiger partial charge in [0.1, 0.15) is 5.15 Å². The van der Waals surface area contributed by atoms with Crippen LogP contribution in [0, 0.1) is 0 Å². The van der Waals surface area contributed by atoms with Crippen molar-refractivity contribution in [2.45, 2.75) is 12.3 Å². The number of nitrogens with zero attached hydrogens (tertiary/aromatic N) is 2. The normalized spacial score (nSPS) is 11.4. The van der Waals surface area contributed by atoms with Crippen LogP contribution in [0.1, 0.15) is 12.0 Å². The molecule has 1 heterocycles. The number of rotatable bonds is 3. The molecule has 1 aromatic heterocycles. The highest BCUT2D eigenvalue weighted by Gasteiger charge is 2.33. The van der Waals surface area contributed by atoms with Crippen molar-refractivity contribution in [1.29, 1.82) is 0 Å². The summed E-state index contributed by atoms with van der Waals surface area (Å²) in [5.41, 5.74) is -0.441. The number of halogens is 4. The molecule has 0 saturated carbocycles. The third kappa shape index (κ3) is 2.39. The van der Waals surface area contributed by atoms with E-state index in [0.29, 0.717) is 0 Å². The topological polar surface area (TPSA) is 25.8 Å². The summed E-state index contributed by atoms with van der Waals surface area (Å²) in [7, 11) is 0. The number of alkyl halides is 2. The molecular formula is C8H6Cl2F2N2. The zero-order valence-corrected chi connectivity index (χ0v) is 8.49. The van der Waals surface area contributed by atoms with Crippen molar-refractivity contribution in [3.05, 3.63) is 34.9 Å². The summed E-state index contributed by atoms with van der Waals surface area (Å²) >= 11 is 10.9. The lowest BCUT2D eigenvalue weighted by atomic mass is 10.1. The molecule has 0 bridgehead atoms. The molecule has 0 amide bonds. The van der Waals surface area contributed by atoms with Gasteiger partial charge in [-0.2, -0.15) is 0 Å². The second-order valence-corrected chi connectivity index (χ2v) is 3.24. The zero-order chi connectivity index (χ0) is 10.8. The molecule has 1 aromatic rings. The molecule has 0 N–H and O–H groups in total. The zero-order valence-electron chi connectivity index (χ0n) is 6.98. The highest BCUT2D eigenvalue weighted by atomic mass is 35.5. The summed E-state index contributed by atoms with van der Waals surface area (Å²) < 4.78 is 26.5. The minimum absolute atomic E-state index is 0.159. The first kappa shape index (κ1) is 11.3. The molecule has 0 fully saturated rings. The molecule has 0 saturated heterocycles. The van der Waals surface area contributed by atoms with Crippen LogP contribution in [0.25, 0.3) is 0 Å². The molecule has 6 heteroatoms. The predicted molar refractivity (Wildman–Crippen MR) is 50.8 cm³/mol. The van der Waals surface area contributed by atoms with Crippen molar-refractivity contribution in [3.8, 4) is 0 Å². The third-order valence-electron chi connectivity index (χ3n) is 1.51. The van der Waals surface area contributed by atoms with E-state index in [9.17, 15) is 8.78 Å². The standard InChI is InChI=1S/C8H6Cl2F2N2/c1-2-3-8(11,12)5-4-13-7(10)14-6(5)9/h2,4H,1,3H2. The molecule has 0 atom stereocenters. The van der Waals surface area contributed by atoms with E-state index in [2.05, 4.69) is 16.5 Å². The lowest BCUT2D eigenvalue weighted by Gasteiger charge is -2.14. The molecule has 0 aliphatic rings. The Morgan fingerprint density at radius 1 is 1.50 bits per heavy atom. The summed E-state index contributed by atoms with van der Waals surface area (Å²) in [6.07, 6.45) is 1.50. The van der Waals surface area contributed by atoms with E-state index in [0.717, 1.165) is 12.3 Å². The maximum atomic E-state index is 13.3. The number of hydrogen-bond acceptors (Lipinski definition) is 2. The van der Waals surface area contributed by atoms with E-state index in [1.165, 1.54) is 0 Å². The van der Waals surface area contributed by atoms with Gasteiger partial charge in [0.15, 0.2) is 0 Å². The molecule has 76 valence electrons. The van der Waals surface area contributed by atoms with E-state index < -0.39 is 17.9 Å². The van der Waals surface area contributed by atoms with Gasteiger partial charge in [-0.15, -0.1) is 6.58 Å². The quantitative estimate of drug-likeness (QED) is 0.458. The van der Waals surface area contributed by atoms with Gasteiger partial charge in [-0.3, -0.25) is 0 Å². The first-order valence-electron chi connectivity index (χ1n) is 3.64.